The van der Waals surface area contributed by atoms with Crippen molar-refractivity contribution >= 4 is 38.1 Å². The molecule has 0 unspecified atom stereocenters. The molecule has 13 heteroatoms. The van der Waals surface area contributed by atoms with Crippen LogP contribution in [0.25, 0.3) is 27.7 Å². The first-order valence-corrected chi connectivity index (χ1v) is 16.7. The number of allylic oxidation sites excluding steroid dienone is 2. The third-order valence-corrected chi connectivity index (χ3v) is 9.43. The summed E-state index contributed by atoms with van der Waals surface area (Å²) in [6, 6.07) is 10.2. The Bertz CT molecular complexity index is 1960. The summed E-state index contributed by atoms with van der Waals surface area (Å²) >= 11 is 0. The molecule has 1 amide bonds. The van der Waals surface area contributed by atoms with Crippen molar-refractivity contribution in [3.63, 3.8) is 0 Å². The van der Waals surface area contributed by atoms with Gasteiger partial charge < -0.3 is 14.2 Å². The van der Waals surface area contributed by atoms with E-state index in [1.807, 2.05) is 25.1 Å². The van der Waals surface area contributed by atoms with Crippen LogP contribution in [-0.4, -0.2) is 55.4 Å². The fourth-order valence-electron chi connectivity index (χ4n) is 6.48. The molecule has 234 valence electrons. The van der Waals surface area contributed by atoms with Crippen LogP contribution in [0.1, 0.15) is 65.5 Å². The Kier molecular flexibility index (Phi) is 7.10. The molecule has 1 saturated heterocycles. The maximum absolute atomic E-state index is 13.3. The number of nitrogens with one attached hydrogen (secondary N) is 1. The monoisotopic (exact) mass is 635 g/mol. The van der Waals surface area contributed by atoms with Gasteiger partial charge in [-0.3, -0.25) is 9.78 Å². The number of sulfonamides is 1. The Morgan fingerprint density at radius 2 is 1.93 bits per heavy atom. The number of rotatable bonds is 8. The van der Waals surface area contributed by atoms with E-state index >= 15 is 0 Å². The summed E-state index contributed by atoms with van der Waals surface area (Å²) < 4.78 is 62.1. The summed E-state index contributed by atoms with van der Waals surface area (Å²) in [7, 11) is -3.87. The molecule has 7 rings (SSSR count). The zero-order valence-corrected chi connectivity index (χ0v) is 25.5. The molecular formula is C32H31F2N5O5S. The van der Waals surface area contributed by atoms with Crippen molar-refractivity contribution in [1.82, 2.24) is 19.8 Å². The first kappa shape index (κ1) is 29.3. The highest BCUT2D eigenvalue weighted by Gasteiger charge is 2.44. The summed E-state index contributed by atoms with van der Waals surface area (Å²) in [5, 5.41) is 4.80. The van der Waals surface area contributed by atoms with Crippen LogP contribution in [0.15, 0.2) is 53.2 Å². The molecule has 4 heterocycles. The summed E-state index contributed by atoms with van der Waals surface area (Å²) in [5.41, 5.74) is 5.94. The van der Waals surface area contributed by atoms with E-state index in [4.69, 9.17) is 9.26 Å². The lowest BCUT2D eigenvalue weighted by Gasteiger charge is -2.47. The summed E-state index contributed by atoms with van der Waals surface area (Å²) in [6.45, 7) is 0.358. The molecule has 1 aliphatic heterocycles. The van der Waals surface area contributed by atoms with Gasteiger partial charge in [-0.05, 0) is 80.3 Å². The van der Waals surface area contributed by atoms with E-state index in [1.165, 1.54) is 5.57 Å². The van der Waals surface area contributed by atoms with Gasteiger partial charge in [-0.25, -0.2) is 18.1 Å². The highest BCUT2D eigenvalue weighted by atomic mass is 32.2. The van der Waals surface area contributed by atoms with E-state index < -0.39 is 22.5 Å². The number of hydrogen-bond donors (Lipinski definition) is 1. The van der Waals surface area contributed by atoms with Crippen molar-refractivity contribution < 1.29 is 31.3 Å². The van der Waals surface area contributed by atoms with E-state index in [0.29, 0.717) is 11.3 Å². The average molecular weight is 636 g/mol. The minimum Gasteiger partial charge on any atom is -0.434 e. The molecule has 0 atom stereocenters. The van der Waals surface area contributed by atoms with Crippen LogP contribution in [0.5, 0.6) is 5.75 Å². The number of aryl methyl sites for hydroxylation is 1. The van der Waals surface area contributed by atoms with Gasteiger partial charge in [-0.2, -0.15) is 8.78 Å². The zero-order valence-electron chi connectivity index (χ0n) is 24.7. The number of carbonyl (C=O) groups is 1. The molecule has 0 bridgehead atoms. The van der Waals surface area contributed by atoms with Gasteiger partial charge in [-0.1, -0.05) is 11.2 Å². The molecule has 1 spiro atoms. The third-order valence-electron chi connectivity index (χ3n) is 8.88. The molecule has 3 aliphatic rings. The molecule has 4 aromatic rings. The number of alkyl halides is 2. The molecule has 2 aliphatic carbocycles. The van der Waals surface area contributed by atoms with Gasteiger partial charge in [0.05, 0.1) is 11.8 Å². The van der Waals surface area contributed by atoms with Crippen LogP contribution in [-0.2, 0) is 10.0 Å². The first-order chi connectivity index (χ1) is 21.5. The van der Waals surface area contributed by atoms with Gasteiger partial charge >= 0.3 is 6.61 Å². The van der Waals surface area contributed by atoms with Crippen LogP contribution in [0, 0.1) is 12.3 Å². The van der Waals surface area contributed by atoms with Gasteiger partial charge in [-0.15, -0.1) is 0 Å². The van der Waals surface area contributed by atoms with Crippen LogP contribution in [0.4, 0.5) is 14.5 Å². The van der Waals surface area contributed by atoms with Gasteiger partial charge in [0.2, 0.25) is 10.0 Å². The van der Waals surface area contributed by atoms with Gasteiger partial charge in [0.1, 0.15) is 22.9 Å². The topological polar surface area (TPSA) is 128 Å². The Morgan fingerprint density at radius 3 is 2.60 bits per heavy atom. The Labute approximate surface area is 258 Å². The Morgan fingerprint density at radius 1 is 1.18 bits per heavy atom. The second-order valence-corrected chi connectivity index (χ2v) is 13.9. The molecule has 1 saturated carbocycles. The van der Waals surface area contributed by atoms with Crippen LogP contribution >= 0.6 is 0 Å². The zero-order chi connectivity index (χ0) is 31.5. The number of carbonyl (C=O) groups excluding carboxylic acids is 1. The van der Waals surface area contributed by atoms with Gasteiger partial charge in [0, 0.05) is 59.2 Å². The summed E-state index contributed by atoms with van der Waals surface area (Å²) in [5.74, 6) is 0.115. The molecular weight excluding hydrogens is 604 g/mol. The predicted octanol–water partition coefficient (Wildman–Crippen LogP) is 5.84. The lowest BCUT2D eigenvalue weighted by atomic mass is 9.63. The van der Waals surface area contributed by atoms with Gasteiger partial charge in [0.25, 0.3) is 5.91 Å². The first-order valence-electron chi connectivity index (χ1n) is 14.8. The highest BCUT2D eigenvalue weighted by molar-refractivity contribution is 7.89. The number of pyridine rings is 2. The van der Waals surface area contributed by atoms with Crippen LogP contribution in [0.3, 0.4) is 0 Å². The normalized spacial score (nSPS) is 17.8. The fraction of sp³-hybridized carbons (Fsp3) is 0.375. The van der Waals surface area contributed by atoms with Crippen LogP contribution < -0.4 is 14.4 Å². The molecule has 1 aromatic carbocycles. The van der Waals surface area contributed by atoms with Crippen molar-refractivity contribution in [1.29, 1.82) is 0 Å². The average Bonchev–Trinajstić information content (AvgIpc) is 3.73. The van der Waals surface area contributed by atoms with E-state index in [1.54, 1.807) is 23.1 Å². The van der Waals surface area contributed by atoms with Gasteiger partial charge in [0.15, 0.2) is 0 Å². The maximum Gasteiger partial charge on any atom is 0.387 e. The highest BCUT2D eigenvalue weighted by Crippen LogP contribution is 2.55. The molecule has 10 nitrogen and oxygen atoms in total. The number of halogens is 2. The van der Waals surface area contributed by atoms with E-state index in [9.17, 15) is 22.0 Å². The maximum atomic E-state index is 13.3. The van der Waals surface area contributed by atoms with E-state index in [0.717, 1.165) is 91.5 Å². The Balaban J connectivity index is 1.12. The number of nitrogens with zero attached hydrogens (tertiary/aromatic N) is 4. The number of anilines is 1. The number of benzene rings is 1. The predicted molar refractivity (Wildman–Crippen MR) is 164 cm³/mol. The molecule has 3 aromatic heterocycles. The van der Waals surface area contributed by atoms with Crippen molar-refractivity contribution in [2.75, 3.05) is 24.2 Å². The van der Waals surface area contributed by atoms with Crippen molar-refractivity contribution in [3.05, 3.63) is 71.4 Å². The molecule has 2 fully saturated rings. The SMILES string of the molecule is Cc1ncccc1-c1noc(C2CC2)c1C1=CC2(CCN(c3ccc4nc(C(=O)NS(C)(=O)=O)cc(OC(F)F)c4c3)CC2)C1. The lowest BCUT2D eigenvalue weighted by molar-refractivity contribution is -0.0488. The summed E-state index contributed by atoms with van der Waals surface area (Å²) in [4.78, 5) is 23.3. The van der Waals surface area contributed by atoms with Crippen molar-refractivity contribution in [2.24, 2.45) is 5.41 Å². The summed E-state index contributed by atoms with van der Waals surface area (Å²) in [6.07, 6.45) is 9.98. The lowest BCUT2D eigenvalue weighted by Crippen LogP contribution is -2.42. The molecule has 0 radical (unpaired) electrons. The number of amides is 1. The van der Waals surface area contributed by atoms with Crippen molar-refractivity contribution in [3.8, 4) is 17.0 Å². The largest absolute Gasteiger partial charge is 0.434 e. The number of fused-ring (bicyclic) bond motifs is 1. The quantitative estimate of drug-likeness (QED) is 0.254. The smallest absolute Gasteiger partial charge is 0.387 e. The number of piperidine rings is 1. The number of aromatic nitrogens is 3. The Hall–Kier alpha value is -4.39. The number of ether oxygens (including phenoxy) is 1. The second-order valence-electron chi connectivity index (χ2n) is 12.2. The van der Waals surface area contributed by atoms with Crippen LogP contribution in [0.2, 0.25) is 0 Å². The molecule has 1 N–H and O–H groups in total. The third kappa shape index (κ3) is 5.76. The van der Waals surface area contributed by atoms with Crippen molar-refractivity contribution in [2.45, 2.75) is 51.6 Å². The standard InChI is InChI=1S/C32H31F2N5O5S/c1-18-22(4-3-11-35-18)28-27(29(44-37-28)19-5-6-19)20-16-32(17-20)9-12-39(13-10-32)21-7-8-24-23(14-21)26(43-31(33)34)15-25(36-24)30(40)38-45(2,41)42/h3-4,7-8,11,14-16,19,31H,5-6,9-10,12-13,17H2,1-2H3,(H,38,40). The minimum absolute atomic E-state index is 0.0649. The van der Waals surface area contributed by atoms with E-state index in [-0.39, 0.29) is 22.4 Å². The van der Waals surface area contributed by atoms with E-state index in [2.05, 4.69) is 26.1 Å². The minimum atomic E-state index is -3.87. The number of hydrogen-bond acceptors (Lipinski definition) is 9. The fourth-order valence-corrected chi connectivity index (χ4v) is 6.92. The molecule has 45 heavy (non-hydrogen) atoms. The second kappa shape index (κ2) is 10.9.